The molecule has 1 aliphatic heterocycles. The summed E-state index contributed by atoms with van der Waals surface area (Å²) in [6.45, 7) is 11.2. The molecule has 2 amide bonds. The van der Waals surface area contributed by atoms with E-state index in [4.69, 9.17) is 0 Å². The van der Waals surface area contributed by atoms with E-state index < -0.39 is 0 Å². The molecule has 0 radical (unpaired) electrons. The van der Waals surface area contributed by atoms with Crippen LogP contribution in [0.25, 0.3) is 0 Å². The molecule has 0 unspecified atom stereocenters. The zero-order chi connectivity index (χ0) is 12.3. The molecular formula is C12H25N3O. The number of amides is 2. The summed E-state index contributed by atoms with van der Waals surface area (Å²) >= 11 is 0. The van der Waals surface area contributed by atoms with Gasteiger partial charge in [-0.3, -0.25) is 4.90 Å². The molecule has 4 heteroatoms. The smallest absolute Gasteiger partial charge is 0.321 e. The summed E-state index contributed by atoms with van der Waals surface area (Å²) in [7, 11) is 1.88. The van der Waals surface area contributed by atoms with E-state index in [1.807, 2.05) is 30.7 Å². The van der Waals surface area contributed by atoms with Crippen molar-refractivity contribution in [2.45, 2.75) is 46.2 Å². The van der Waals surface area contributed by atoms with E-state index in [9.17, 15) is 4.79 Å². The molecular weight excluding hydrogens is 202 g/mol. The van der Waals surface area contributed by atoms with Crippen LogP contribution in [0, 0.1) is 0 Å². The van der Waals surface area contributed by atoms with Crippen LogP contribution in [0.5, 0.6) is 0 Å². The zero-order valence-electron chi connectivity index (χ0n) is 11.2. The molecule has 1 heterocycles. The maximum Gasteiger partial charge on any atom is 0.321 e. The van der Waals surface area contributed by atoms with Crippen molar-refractivity contribution in [3.8, 4) is 0 Å². The van der Waals surface area contributed by atoms with Gasteiger partial charge >= 0.3 is 6.03 Å². The van der Waals surface area contributed by atoms with Crippen LogP contribution in [0.2, 0.25) is 0 Å². The van der Waals surface area contributed by atoms with Gasteiger partial charge in [0.2, 0.25) is 0 Å². The predicted octanol–water partition coefficient (Wildman–Crippen LogP) is 1.82. The van der Waals surface area contributed by atoms with Gasteiger partial charge in [0.15, 0.2) is 0 Å². The fourth-order valence-corrected chi connectivity index (χ4v) is 1.85. The van der Waals surface area contributed by atoms with Crippen LogP contribution in [-0.2, 0) is 0 Å². The van der Waals surface area contributed by atoms with Crippen LogP contribution in [0.15, 0.2) is 0 Å². The first-order valence-corrected chi connectivity index (χ1v) is 6.19. The summed E-state index contributed by atoms with van der Waals surface area (Å²) in [4.78, 5) is 18.2. The van der Waals surface area contributed by atoms with Gasteiger partial charge in [0.1, 0.15) is 0 Å². The molecule has 0 atom stereocenters. The fourth-order valence-electron chi connectivity index (χ4n) is 1.85. The fraction of sp³-hybridized carbons (Fsp3) is 0.917. The quantitative estimate of drug-likeness (QED) is 0.719. The number of hydrogen-bond acceptors (Lipinski definition) is 2. The minimum Gasteiger partial charge on any atom is -0.325 e. The molecule has 1 saturated heterocycles. The van der Waals surface area contributed by atoms with Crippen molar-refractivity contribution < 1.29 is 4.79 Å². The van der Waals surface area contributed by atoms with Gasteiger partial charge in [-0.1, -0.05) is 0 Å². The first-order chi connectivity index (χ1) is 7.43. The van der Waals surface area contributed by atoms with Crippen molar-refractivity contribution >= 4 is 6.03 Å². The third kappa shape index (κ3) is 3.11. The Morgan fingerprint density at radius 3 is 2.31 bits per heavy atom. The molecule has 0 bridgehead atoms. The normalized spacial score (nSPS) is 18.3. The molecule has 4 nitrogen and oxygen atoms in total. The summed E-state index contributed by atoms with van der Waals surface area (Å²) in [5.41, 5.74) is 0. The predicted molar refractivity (Wildman–Crippen MR) is 66.3 cm³/mol. The van der Waals surface area contributed by atoms with E-state index in [1.54, 1.807) is 0 Å². The Morgan fingerprint density at radius 2 is 1.81 bits per heavy atom. The van der Waals surface area contributed by atoms with Gasteiger partial charge in [0.25, 0.3) is 0 Å². The Morgan fingerprint density at radius 1 is 1.19 bits per heavy atom. The Labute approximate surface area is 99.2 Å². The van der Waals surface area contributed by atoms with Crippen molar-refractivity contribution in [2.75, 3.05) is 26.8 Å². The summed E-state index contributed by atoms with van der Waals surface area (Å²) < 4.78 is 0. The van der Waals surface area contributed by atoms with Gasteiger partial charge in [-0.05, 0) is 34.1 Å². The van der Waals surface area contributed by atoms with Gasteiger partial charge in [0.05, 0.1) is 6.67 Å². The molecule has 0 saturated carbocycles. The molecule has 94 valence electrons. The molecule has 1 fully saturated rings. The standard InChI is InChI=1S/C12H25N3O/c1-10(2)13(5)12(16)15-8-6-7-14(9-15)11(3)4/h10-11H,6-9H2,1-5H3. The lowest BCUT2D eigenvalue weighted by Gasteiger charge is -2.40. The van der Waals surface area contributed by atoms with Crippen molar-refractivity contribution in [1.82, 2.24) is 14.7 Å². The zero-order valence-corrected chi connectivity index (χ0v) is 11.2. The first-order valence-electron chi connectivity index (χ1n) is 6.19. The summed E-state index contributed by atoms with van der Waals surface area (Å²) in [5, 5.41) is 0. The van der Waals surface area contributed by atoms with Crippen LogP contribution in [0.1, 0.15) is 34.1 Å². The van der Waals surface area contributed by atoms with Crippen molar-refractivity contribution in [1.29, 1.82) is 0 Å². The second-order valence-electron chi connectivity index (χ2n) is 5.15. The van der Waals surface area contributed by atoms with Gasteiger partial charge < -0.3 is 9.80 Å². The highest BCUT2D eigenvalue weighted by Crippen LogP contribution is 2.12. The van der Waals surface area contributed by atoms with E-state index in [0.717, 1.165) is 26.2 Å². The minimum atomic E-state index is 0.153. The Bertz CT molecular complexity index is 240. The highest BCUT2D eigenvalue weighted by Gasteiger charge is 2.25. The second kappa shape index (κ2) is 5.53. The largest absolute Gasteiger partial charge is 0.325 e. The lowest BCUT2D eigenvalue weighted by atomic mass is 10.2. The van der Waals surface area contributed by atoms with Gasteiger partial charge in [-0.2, -0.15) is 0 Å². The SMILES string of the molecule is CC(C)N1CCCN(C(=O)N(C)C(C)C)C1. The maximum absolute atomic E-state index is 12.1. The van der Waals surface area contributed by atoms with E-state index in [-0.39, 0.29) is 12.1 Å². The summed E-state index contributed by atoms with van der Waals surface area (Å²) in [5.74, 6) is 0. The highest BCUT2D eigenvalue weighted by molar-refractivity contribution is 5.74. The number of nitrogens with zero attached hydrogens (tertiary/aromatic N) is 3. The molecule has 16 heavy (non-hydrogen) atoms. The lowest BCUT2D eigenvalue weighted by Crippen LogP contribution is -2.54. The summed E-state index contributed by atoms with van der Waals surface area (Å²) in [6.07, 6.45) is 1.08. The second-order valence-corrected chi connectivity index (χ2v) is 5.15. The van der Waals surface area contributed by atoms with Gasteiger partial charge in [-0.25, -0.2) is 4.79 Å². The molecule has 0 aromatic heterocycles. The first kappa shape index (κ1) is 13.3. The number of carbonyl (C=O) groups is 1. The lowest BCUT2D eigenvalue weighted by molar-refractivity contribution is 0.0654. The minimum absolute atomic E-state index is 0.153. The van der Waals surface area contributed by atoms with E-state index in [2.05, 4.69) is 18.7 Å². The third-order valence-corrected chi connectivity index (χ3v) is 3.30. The molecule has 0 aromatic carbocycles. The average Bonchev–Trinajstić information content (AvgIpc) is 2.27. The molecule has 0 N–H and O–H groups in total. The maximum atomic E-state index is 12.1. The Balaban J connectivity index is 2.56. The molecule has 0 aliphatic carbocycles. The molecule has 0 spiro atoms. The van der Waals surface area contributed by atoms with Crippen molar-refractivity contribution in [3.63, 3.8) is 0 Å². The molecule has 0 aromatic rings. The highest BCUT2D eigenvalue weighted by atomic mass is 16.2. The third-order valence-electron chi connectivity index (χ3n) is 3.30. The Hall–Kier alpha value is -0.770. The summed E-state index contributed by atoms with van der Waals surface area (Å²) in [6, 6.07) is 0.933. The molecule has 1 aliphatic rings. The molecule has 1 rings (SSSR count). The van der Waals surface area contributed by atoms with E-state index in [0.29, 0.717) is 6.04 Å². The van der Waals surface area contributed by atoms with Gasteiger partial charge in [-0.15, -0.1) is 0 Å². The van der Waals surface area contributed by atoms with E-state index >= 15 is 0 Å². The number of carbonyl (C=O) groups excluding carboxylic acids is 1. The van der Waals surface area contributed by atoms with E-state index in [1.165, 1.54) is 0 Å². The van der Waals surface area contributed by atoms with Crippen LogP contribution in [-0.4, -0.2) is 59.6 Å². The number of hydrogen-bond donors (Lipinski definition) is 0. The number of rotatable bonds is 2. The average molecular weight is 227 g/mol. The number of urea groups is 1. The van der Waals surface area contributed by atoms with Crippen LogP contribution in [0.3, 0.4) is 0 Å². The topological polar surface area (TPSA) is 26.8 Å². The Kier molecular flexibility index (Phi) is 4.59. The van der Waals surface area contributed by atoms with Crippen LogP contribution in [0.4, 0.5) is 4.79 Å². The van der Waals surface area contributed by atoms with Crippen molar-refractivity contribution in [2.24, 2.45) is 0 Å². The van der Waals surface area contributed by atoms with Gasteiger partial charge in [0, 0.05) is 32.2 Å². The van der Waals surface area contributed by atoms with Crippen LogP contribution >= 0.6 is 0 Å². The van der Waals surface area contributed by atoms with Crippen LogP contribution < -0.4 is 0 Å². The monoisotopic (exact) mass is 227 g/mol. The van der Waals surface area contributed by atoms with Crippen molar-refractivity contribution in [3.05, 3.63) is 0 Å².